The molecule has 1 N–H and O–H groups in total. The molecule has 1 heterocycles. The summed E-state index contributed by atoms with van der Waals surface area (Å²) in [7, 11) is 0. The van der Waals surface area contributed by atoms with Crippen molar-refractivity contribution in [2.24, 2.45) is 0 Å². The Hall–Kier alpha value is -2.15. The fraction of sp³-hybridized carbons (Fsp3) is 0.500. The van der Waals surface area contributed by atoms with Crippen LogP contribution in [-0.2, 0) is 9.47 Å². The highest BCUT2D eigenvalue weighted by Gasteiger charge is 2.29. The van der Waals surface area contributed by atoms with E-state index < -0.39 is 23.1 Å². The summed E-state index contributed by atoms with van der Waals surface area (Å²) in [4.78, 5) is 24.9. The van der Waals surface area contributed by atoms with Crippen molar-refractivity contribution in [3.8, 4) is 0 Å². The smallest absolute Gasteiger partial charge is 0.342 e. The monoisotopic (exact) mass is 353 g/mol. The Bertz CT molecular complexity index is 800. The zero-order valence-corrected chi connectivity index (χ0v) is 15.2. The predicted molar refractivity (Wildman–Crippen MR) is 89.2 cm³/mol. The van der Waals surface area contributed by atoms with Crippen LogP contribution in [0.3, 0.4) is 0 Å². The molecule has 0 aliphatic carbocycles. The maximum atomic E-state index is 12.5. The maximum absolute atomic E-state index is 12.5. The Kier molecular flexibility index (Phi) is 4.59. The van der Waals surface area contributed by atoms with E-state index in [9.17, 15) is 9.59 Å². The van der Waals surface area contributed by atoms with Gasteiger partial charge in [-0.25, -0.2) is 9.59 Å². The fourth-order valence-electron chi connectivity index (χ4n) is 1.96. The second-order valence-electron chi connectivity index (χ2n) is 7.31. The summed E-state index contributed by atoms with van der Waals surface area (Å²) in [6, 6.07) is 1.43. The van der Waals surface area contributed by atoms with Crippen LogP contribution in [0.25, 0.3) is 11.0 Å². The lowest BCUT2D eigenvalue weighted by Gasteiger charge is -2.21. The minimum absolute atomic E-state index is 0.0151. The Morgan fingerprint density at radius 3 is 2.08 bits per heavy atom. The highest BCUT2D eigenvalue weighted by Crippen LogP contribution is 2.31. The van der Waals surface area contributed by atoms with Crippen LogP contribution in [0.2, 0.25) is 5.02 Å². The number of nitrogens with one attached hydrogen (secondary N) is 1. The van der Waals surface area contributed by atoms with Crippen molar-refractivity contribution in [3.63, 3.8) is 0 Å². The number of carbonyl (C=O) groups excluding carboxylic acids is 2. The van der Waals surface area contributed by atoms with Crippen LogP contribution in [0, 0.1) is 0 Å². The van der Waals surface area contributed by atoms with Gasteiger partial charge < -0.3 is 9.47 Å². The summed E-state index contributed by atoms with van der Waals surface area (Å²) in [6.07, 6.45) is 0. The number of rotatable bonds is 2. The fourth-order valence-corrected chi connectivity index (χ4v) is 2.26. The number of hydrogen-bond acceptors (Lipinski definition) is 6. The summed E-state index contributed by atoms with van der Waals surface area (Å²) < 4.78 is 10.7. The molecule has 0 aliphatic heterocycles. The first-order valence-electron chi connectivity index (χ1n) is 7.39. The molecule has 0 saturated carbocycles. The van der Waals surface area contributed by atoms with E-state index in [1.807, 2.05) is 0 Å². The number of aromatic amines is 1. The minimum Gasteiger partial charge on any atom is -0.456 e. The third-order valence-corrected chi connectivity index (χ3v) is 3.16. The number of nitrogens with zero attached hydrogens (tertiary/aromatic N) is 2. The van der Waals surface area contributed by atoms with Gasteiger partial charge in [0.1, 0.15) is 27.8 Å². The molecule has 0 aliphatic rings. The molecule has 1 aromatic carbocycles. The van der Waals surface area contributed by atoms with Crippen LogP contribution in [0.15, 0.2) is 6.07 Å². The zero-order chi connectivity index (χ0) is 18.3. The lowest BCUT2D eigenvalue weighted by molar-refractivity contribution is 0.00681. The zero-order valence-electron chi connectivity index (χ0n) is 14.5. The van der Waals surface area contributed by atoms with Crippen molar-refractivity contribution in [2.75, 3.05) is 0 Å². The van der Waals surface area contributed by atoms with Crippen LogP contribution in [0.5, 0.6) is 0 Å². The van der Waals surface area contributed by atoms with Gasteiger partial charge in [0.15, 0.2) is 0 Å². The van der Waals surface area contributed by atoms with Gasteiger partial charge in [-0.15, -0.1) is 0 Å². The van der Waals surface area contributed by atoms with E-state index in [0.29, 0.717) is 5.52 Å². The molecule has 0 saturated heterocycles. The average molecular weight is 354 g/mol. The van der Waals surface area contributed by atoms with Gasteiger partial charge in [0, 0.05) is 0 Å². The Morgan fingerprint density at radius 1 is 1.00 bits per heavy atom. The number of halogens is 1. The molecule has 0 fully saturated rings. The molecule has 0 amide bonds. The molecule has 0 spiro atoms. The van der Waals surface area contributed by atoms with Gasteiger partial charge in [0.25, 0.3) is 0 Å². The number of hydrogen-bond donors (Lipinski definition) is 1. The molecule has 2 rings (SSSR count). The molecule has 1 aromatic heterocycles. The number of ether oxygens (including phenoxy) is 2. The minimum atomic E-state index is -0.724. The summed E-state index contributed by atoms with van der Waals surface area (Å²) in [5.41, 5.74) is -0.848. The predicted octanol–water partition coefficient (Wildman–Crippen LogP) is 3.52. The van der Waals surface area contributed by atoms with Crippen molar-refractivity contribution >= 4 is 34.6 Å². The van der Waals surface area contributed by atoms with Gasteiger partial charge in [-0.3, -0.25) is 0 Å². The number of benzene rings is 1. The van der Waals surface area contributed by atoms with Gasteiger partial charge in [-0.2, -0.15) is 15.4 Å². The normalized spacial score (nSPS) is 12.3. The Labute approximate surface area is 144 Å². The van der Waals surface area contributed by atoms with Crippen molar-refractivity contribution in [1.29, 1.82) is 0 Å². The van der Waals surface area contributed by atoms with Crippen molar-refractivity contribution < 1.29 is 19.1 Å². The Balaban J connectivity index is 2.58. The molecule has 0 atom stereocenters. The number of carbonyl (C=O) groups is 2. The molecule has 8 heteroatoms. The largest absolute Gasteiger partial charge is 0.456 e. The van der Waals surface area contributed by atoms with Gasteiger partial charge in [-0.1, -0.05) is 11.6 Å². The summed E-state index contributed by atoms with van der Waals surface area (Å²) in [6.45, 7) is 10.4. The maximum Gasteiger partial charge on any atom is 0.342 e. The van der Waals surface area contributed by atoms with E-state index in [0.717, 1.165) is 0 Å². The van der Waals surface area contributed by atoms with E-state index in [1.54, 1.807) is 41.5 Å². The van der Waals surface area contributed by atoms with Crippen LogP contribution in [-0.4, -0.2) is 38.6 Å². The van der Waals surface area contributed by atoms with E-state index >= 15 is 0 Å². The number of esters is 2. The quantitative estimate of drug-likeness (QED) is 0.830. The van der Waals surface area contributed by atoms with Gasteiger partial charge in [-0.05, 0) is 47.6 Å². The van der Waals surface area contributed by atoms with Gasteiger partial charge in [0.2, 0.25) is 0 Å². The second kappa shape index (κ2) is 6.05. The van der Waals surface area contributed by atoms with E-state index in [-0.39, 0.29) is 21.7 Å². The molecule has 7 nitrogen and oxygen atoms in total. The molecule has 24 heavy (non-hydrogen) atoms. The highest BCUT2D eigenvalue weighted by atomic mass is 35.5. The second-order valence-corrected chi connectivity index (χ2v) is 7.69. The molecular weight excluding hydrogens is 334 g/mol. The van der Waals surface area contributed by atoms with E-state index in [2.05, 4.69) is 15.4 Å². The van der Waals surface area contributed by atoms with Gasteiger partial charge in [0.05, 0.1) is 10.6 Å². The lowest BCUT2D eigenvalue weighted by Crippen LogP contribution is -2.26. The summed E-state index contributed by atoms with van der Waals surface area (Å²) in [5.74, 6) is -1.33. The topological polar surface area (TPSA) is 94.2 Å². The van der Waals surface area contributed by atoms with Crippen molar-refractivity contribution in [2.45, 2.75) is 52.7 Å². The standard InChI is InChI=1S/C16H20ClN3O4/c1-15(2,3)23-13(21)8-7-9-12(19-20-18-9)10(11(8)17)14(22)24-16(4,5)6/h7H,1-6H3,(H,18,19,20). The molecular formula is C16H20ClN3O4. The molecule has 0 radical (unpaired) electrons. The number of fused-ring (bicyclic) bond motifs is 1. The Morgan fingerprint density at radius 2 is 1.54 bits per heavy atom. The van der Waals surface area contributed by atoms with Crippen LogP contribution >= 0.6 is 11.6 Å². The van der Waals surface area contributed by atoms with Gasteiger partial charge >= 0.3 is 11.9 Å². The molecule has 0 unspecified atom stereocenters. The SMILES string of the molecule is CC(C)(C)OC(=O)c1cc2n[nH]nc2c(C(=O)OC(C)(C)C)c1Cl. The third kappa shape index (κ3) is 4.03. The molecule has 130 valence electrons. The van der Waals surface area contributed by atoms with Crippen molar-refractivity contribution in [3.05, 3.63) is 22.2 Å². The number of aromatic nitrogens is 3. The first kappa shape index (κ1) is 18.2. The summed E-state index contributed by atoms with van der Waals surface area (Å²) in [5, 5.41) is 10.2. The molecule has 0 bridgehead atoms. The first-order chi connectivity index (χ1) is 10.9. The third-order valence-electron chi connectivity index (χ3n) is 2.77. The summed E-state index contributed by atoms with van der Waals surface area (Å²) >= 11 is 6.31. The van der Waals surface area contributed by atoms with Crippen LogP contribution < -0.4 is 0 Å². The van der Waals surface area contributed by atoms with Crippen LogP contribution in [0.4, 0.5) is 0 Å². The number of H-pyrrole nitrogens is 1. The first-order valence-corrected chi connectivity index (χ1v) is 7.76. The van der Waals surface area contributed by atoms with E-state index in [1.165, 1.54) is 6.07 Å². The van der Waals surface area contributed by atoms with Crippen molar-refractivity contribution in [1.82, 2.24) is 15.4 Å². The highest BCUT2D eigenvalue weighted by molar-refractivity contribution is 6.38. The van der Waals surface area contributed by atoms with Crippen LogP contribution in [0.1, 0.15) is 62.3 Å². The molecule has 2 aromatic rings. The lowest BCUT2D eigenvalue weighted by atomic mass is 10.1. The average Bonchev–Trinajstić information content (AvgIpc) is 2.80. The van der Waals surface area contributed by atoms with E-state index in [4.69, 9.17) is 21.1 Å².